The molecule has 0 aliphatic heterocycles. The predicted molar refractivity (Wildman–Crippen MR) is 131 cm³/mol. The van der Waals surface area contributed by atoms with E-state index in [-0.39, 0.29) is 24.5 Å². The maximum absolute atomic E-state index is 13.0. The first-order chi connectivity index (χ1) is 14.9. The smallest absolute Gasteiger partial charge is 0.244 e. The zero-order valence-corrected chi connectivity index (χ0v) is 21.2. The van der Waals surface area contributed by atoms with E-state index in [0.717, 1.165) is 21.9 Å². The van der Waals surface area contributed by atoms with Crippen LogP contribution in [0.5, 0.6) is 5.75 Å². The molecule has 0 fully saturated rings. The molecule has 0 unspecified atom stereocenters. The van der Waals surface area contributed by atoms with E-state index in [9.17, 15) is 13.2 Å². The van der Waals surface area contributed by atoms with Gasteiger partial charge in [0, 0.05) is 5.02 Å². The van der Waals surface area contributed by atoms with Gasteiger partial charge in [0.2, 0.25) is 15.9 Å². The molecular weight excluding hydrogens is 448 g/mol. The van der Waals surface area contributed by atoms with E-state index >= 15 is 0 Å². The first-order valence-corrected chi connectivity index (χ1v) is 12.8. The molecule has 6 nitrogen and oxygen atoms in total. The monoisotopic (exact) mass is 480 g/mol. The van der Waals surface area contributed by atoms with Crippen molar-refractivity contribution in [3.63, 3.8) is 0 Å². The van der Waals surface area contributed by atoms with Crippen LogP contribution >= 0.6 is 11.6 Å². The highest BCUT2D eigenvalue weighted by Gasteiger charge is 2.32. The van der Waals surface area contributed by atoms with E-state index in [0.29, 0.717) is 22.7 Å². The van der Waals surface area contributed by atoms with Gasteiger partial charge in [-0.2, -0.15) is 0 Å². The van der Waals surface area contributed by atoms with Gasteiger partial charge in [-0.05, 0) is 48.1 Å². The fourth-order valence-electron chi connectivity index (χ4n) is 3.52. The number of aryl methyl sites for hydroxylation is 1. The van der Waals surface area contributed by atoms with Gasteiger partial charge in [-0.15, -0.1) is 0 Å². The second-order valence-electron chi connectivity index (χ2n) is 8.80. The van der Waals surface area contributed by atoms with Crippen molar-refractivity contribution < 1.29 is 17.9 Å². The Labute approximate surface area is 197 Å². The lowest BCUT2D eigenvalue weighted by molar-refractivity contribution is -0.122. The topological polar surface area (TPSA) is 75.7 Å². The molecule has 8 heteroatoms. The number of hydrogen-bond acceptors (Lipinski definition) is 4. The summed E-state index contributed by atoms with van der Waals surface area (Å²) < 4.78 is 32.3. The molecule has 2 aromatic carbocycles. The number of amides is 1. The van der Waals surface area contributed by atoms with Crippen molar-refractivity contribution in [2.24, 2.45) is 0 Å². The highest BCUT2D eigenvalue weighted by Crippen LogP contribution is 2.31. The standard InChI is InChI=1S/C24H33ClN2O4S/c1-7-20(27(32(6,29)30)21-16-18(25)13-12-17(21)2)23(28)26-14-15-31-22-11-9-8-10-19(22)24(3,4)5/h8-13,16,20H,7,14-15H2,1-6H3,(H,26,28)/t20-/m0/s1. The zero-order valence-electron chi connectivity index (χ0n) is 19.6. The summed E-state index contributed by atoms with van der Waals surface area (Å²) in [4.78, 5) is 13.0. The number of hydrogen-bond donors (Lipinski definition) is 1. The van der Waals surface area contributed by atoms with Gasteiger partial charge < -0.3 is 10.1 Å². The Balaban J connectivity index is 2.13. The third-order valence-electron chi connectivity index (χ3n) is 5.09. The molecule has 2 aromatic rings. The summed E-state index contributed by atoms with van der Waals surface area (Å²) in [6, 6.07) is 11.9. The third-order valence-corrected chi connectivity index (χ3v) is 6.49. The molecule has 0 heterocycles. The number of halogens is 1. The van der Waals surface area contributed by atoms with Crippen LogP contribution in [-0.4, -0.2) is 39.8 Å². The van der Waals surface area contributed by atoms with E-state index in [2.05, 4.69) is 26.1 Å². The minimum Gasteiger partial charge on any atom is -0.491 e. The Hall–Kier alpha value is -2.25. The molecule has 0 bridgehead atoms. The lowest BCUT2D eigenvalue weighted by atomic mass is 9.86. The second kappa shape index (κ2) is 10.6. The molecule has 0 spiro atoms. The maximum atomic E-state index is 13.0. The van der Waals surface area contributed by atoms with E-state index in [4.69, 9.17) is 16.3 Å². The average molecular weight is 481 g/mol. The van der Waals surface area contributed by atoms with Crippen LogP contribution < -0.4 is 14.4 Å². The van der Waals surface area contributed by atoms with Crippen LogP contribution in [0.1, 0.15) is 45.2 Å². The Morgan fingerprint density at radius 3 is 2.44 bits per heavy atom. The van der Waals surface area contributed by atoms with Gasteiger partial charge in [0.05, 0.1) is 18.5 Å². The number of benzene rings is 2. The van der Waals surface area contributed by atoms with Crippen LogP contribution in [-0.2, 0) is 20.2 Å². The average Bonchev–Trinajstić information content (AvgIpc) is 2.70. The highest BCUT2D eigenvalue weighted by molar-refractivity contribution is 7.92. The molecule has 0 saturated heterocycles. The van der Waals surface area contributed by atoms with Gasteiger partial charge in [0.1, 0.15) is 18.4 Å². The van der Waals surface area contributed by atoms with E-state index < -0.39 is 16.1 Å². The summed E-state index contributed by atoms with van der Waals surface area (Å²) in [6.07, 6.45) is 1.40. The fourth-order valence-corrected chi connectivity index (χ4v) is 4.95. The van der Waals surface area contributed by atoms with Gasteiger partial charge in [-0.1, -0.05) is 63.6 Å². The van der Waals surface area contributed by atoms with Gasteiger partial charge in [-0.3, -0.25) is 9.10 Å². The van der Waals surface area contributed by atoms with E-state index in [1.807, 2.05) is 24.3 Å². The number of carbonyl (C=O) groups excluding carboxylic acids is 1. The minimum absolute atomic E-state index is 0.0715. The maximum Gasteiger partial charge on any atom is 0.244 e. The Morgan fingerprint density at radius 2 is 1.84 bits per heavy atom. The highest BCUT2D eigenvalue weighted by atomic mass is 35.5. The molecule has 0 aromatic heterocycles. The van der Waals surface area contributed by atoms with Crippen molar-refractivity contribution in [2.75, 3.05) is 23.7 Å². The van der Waals surface area contributed by atoms with Gasteiger partial charge >= 0.3 is 0 Å². The number of rotatable bonds is 9. The number of carbonyl (C=O) groups is 1. The Morgan fingerprint density at radius 1 is 1.19 bits per heavy atom. The Kier molecular flexibility index (Phi) is 8.60. The van der Waals surface area contributed by atoms with E-state index in [1.165, 1.54) is 0 Å². The summed E-state index contributed by atoms with van der Waals surface area (Å²) in [5.41, 5.74) is 2.13. The van der Waals surface area contributed by atoms with Crippen LogP contribution in [0.25, 0.3) is 0 Å². The summed E-state index contributed by atoms with van der Waals surface area (Å²) in [7, 11) is -3.73. The molecule has 2 rings (SSSR count). The molecule has 0 aliphatic rings. The van der Waals surface area contributed by atoms with Crippen molar-refractivity contribution in [1.29, 1.82) is 0 Å². The summed E-state index contributed by atoms with van der Waals surface area (Å²) >= 11 is 6.11. The first kappa shape index (κ1) is 26.0. The summed E-state index contributed by atoms with van der Waals surface area (Å²) in [5, 5.41) is 3.22. The fraction of sp³-hybridized carbons (Fsp3) is 0.458. The van der Waals surface area contributed by atoms with E-state index in [1.54, 1.807) is 32.0 Å². The van der Waals surface area contributed by atoms with Crippen LogP contribution in [0.3, 0.4) is 0 Å². The molecule has 0 saturated carbocycles. The number of nitrogens with one attached hydrogen (secondary N) is 1. The molecule has 32 heavy (non-hydrogen) atoms. The van der Waals surface area contributed by atoms with Crippen molar-refractivity contribution in [1.82, 2.24) is 5.32 Å². The number of nitrogens with zero attached hydrogens (tertiary/aromatic N) is 1. The quantitative estimate of drug-likeness (QED) is 0.528. The van der Waals surface area contributed by atoms with Gasteiger partial charge in [0.15, 0.2) is 0 Å². The molecule has 1 N–H and O–H groups in total. The zero-order chi connectivity index (χ0) is 24.1. The minimum atomic E-state index is -3.73. The van der Waals surface area contributed by atoms with Crippen LogP contribution in [0.2, 0.25) is 5.02 Å². The number of sulfonamides is 1. The first-order valence-electron chi connectivity index (χ1n) is 10.6. The molecule has 1 amide bonds. The number of anilines is 1. The molecule has 0 aliphatic carbocycles. The Bertz CT molecular complexity index is 1050. The van der Waals surface area contributed by atoms with Crippen LogP contribution in [0.4, 0.5) is 5.69 Å². The van der Waals surface area contributed by atoms with Crippen LogP contribution in [0, 0.1) is 6.92 Å². The predicted octanol–water partition coefficient (Wildman–Crippen LogP) is 4.69. The molecule has 0 radical (unpaired) electrons. The molecule has 1 atom stereocenters. The number of para-hydroxylation sites is 1. The second-order valence-corrected chi connectivity index (χ2v) is 11.1. The largest absolute Gasteiger partial charge is 0.491 e. The van der Waals surface area contributed by atoms with Gasteiger partial charge in [0.25, 0.3) is 0 Å². The van der Waals surface area contributed by atoms with Gasteiger partial charge in [-0.25, -0.2) is 8.42 Å². The lowest BCUT2D eigenvalue weighted by Crippen LogP contribution is -2.50. The van der Waals surface area contributed by atoms with Crippen molar-refractivity contribution in [3.8, 4) is 5.75 Å². The lowest BCUT2D eigenvalue weighted by Gasteiger charge is -2.31. The van der Waals surface area contributed by atoms with Crippen molar-refractivity contribution >= 4 is 33.2 Å². The summed E-state index contributed by atoms with van der Waals surface area (Å²) in [6.45, 7) is 10.4. The molecular formula is C24H33ClN2O4S. The SMILES string of the molecule is CC[C@@H](C(=O)NCCOc1ccccc1C(C)(C)C)N(c1cc(Cl)ccc1C)S(C)(=O)=O. The van der Waals surface area contributed by atoms with Crippen LogP contribution in [0.15, 0.2) is 42.5 Å². The third kappa shape index (κ3) is 6.62. The van der Waals surface area contributed by atoms with Crippen molar-refractivity contribution in [2.45, 2.75) is 52.5 Å². The molecule has 176 valence electrons. The summed E-state index contributed by atoms with van der Waals surface area (Å²) in [5.74, 6) is 0.388. The number of ether oxygens (including phenoxy) is 1. The normalized spacial score (nSPS) is 12.8. The van der Waals surface area contributed by atoms with Crippen molar-refractivity contribution in [3.05, 3.63) is 58.6 Å².